The molecule has 5 nitrogen and oxygen atoms in total. The Morgan fingerprint density at radius 1 is 1.32 bits per heavy atom. The molecule has 100 valence electrons. The number of benzene rings is 1. The van der Waals surface area contributed by atoms with Crippen LogP contribution >= 0.6 is 0 Å². The van der Waals surface area contributed by atoms with Crippen LogP contribution in [0.5, 0.6) is 0 Å². The average molecular weight is 262 g/mol. The number of nitrogen functional groups attached to an aromatic ring is 1. The van der Waals surface area contributed by atoms with Crippen molar-refractivity contribution in [2.75, 3.05) is 24.1 Å². The minimum Gasteiger partial charge on any atom is -0.398 e. The standard InChI is InChI=1S/C13H15FN4O/c14-10-2-3-11(15)12-9(10)4-7-18-13(12)17-6-1-5-16-8-19/h2-4,7-8H,1,5-6,15H2,(H,16,19)(H,17,18). The number of fused-ring (bicyclic) bond motifs is 1. The number of hydrogen-bond donors (Lipinski definition) is 3. The fourth-order valence-electron chi connectivity index (χ4n) is 1.88. The number of rotatable bonds is 6. The van der Waals surface area contributed by atoms with Gasteiger partial charge in [-0.15, -0.1) is 0 Å². The third-order valence-corrected chi connectivity index (χ3v) is 2.78. The fraction of sp³-hybridized carbons (Fsp3) is 0.231. The SMILES string of the molecule is Nc1ccc(F)c2ccnc(NCCCNC=O)c12. The van der Waals surface area contributed by atoms with Crippen LogP contribution in [0, 0.1) is 5.82 Å². The van der Waals surface area contributed by atoms with Crippen LogP contribution in [-0.2, 0) is 4.79 Å². The van der Waals surface area contributed by atoms with Gasteiger partial charge in [-0.1, -0.05) is 0 Å². The number of halogens is 1. The lowest BCUT2D eigenvalue weighted by molar-refractivity contribution is -0.109. The Morgan fingerprint density at radius 3 is 2.95 bits per heavy atom. The summed E-state index contributed by atoms with van der Waals surface area (Å²) in [6.45, 7) is 1.19. The molecule has 0 radical (unpaired) electrons. The molecule has 1 aromatic heterocycles. The highest BCUT2D eigenvalue weighted by molar-refractivity contribution is 6.00. The Kier molecular flexibility index (Phi) is 4.12. The topological polar surface area (TPSA) is 80.0 Å². The zero-order chi connectivity index (χ0) is 13.7. The van der Waals surface area contributed by atoms with Gasteiger partial charge in [0.15, 0.2) is 0 Å². The maximum Gasteiger partial charge on any atom is 0.207 e. The molecule has 0 aliphatic rings. The van der Waals surface area contributed by atoms with Gasteiger partial charge in [-0.25, -0.2) is 9.37 Å². The minimum absolute atomic E-state index is 0.322. The monoisotopic (exact) mass is 262 g/mol. The molecule has 0 aliphatic heterocycles. The van der Waals surface area contributed by atoms with Crippen LogP contribution in [0.15, 0.2) is 24.4 Å². The molecule has 2 aromatic rings. The molecule has 2 rings (SSSR count). The van der Waals surface area contributed by atoms with Crippen molar-refractivity contribution in [3.8, 4) is 0 Å². The summed E-state index contributed by atoms with van der Waals surface area (Å²) in [5.74, 6) is 0.234. The van der Waals surface area contributed by atoms with E-state index in [9.17, 15) is 9.18 Å². The summed E-state index contributed by atoms with van der Waals surface area (Å²) in [6, 6.07) is 4.47. The second-order valence-corrected chi connectivity index (χ2v) is 4.07. The molecule has 19 heavy (non-hydrogen) atoms. The molecule has 1 heterocycles. The molecule has 0 bridgehead atoms. The molecule has 0 saturated heterocycles. The average Bonchev–Trinajstić information content (AvgIpc) is 2.43. The van der Waals surface area contributed by atoms with Crippen molar-refractivity contribution in [3.05, 3.63) is 30.2 Å². The lowest BCUT2D eigenvalue weighted by Gasteiger charge is -2.10. The normalized spacial score (nSPS) is 10.4. The minimum atomic E-state index is -0.322. The molecule has 0 unspecified atom stereocenters. The van der Waals surface area contributed by atoms with Crippen molar-refractivity contribution in [1.82, 2.24) is 10.3 Å². The predicted octanol–water partition coefficient (Wildman–Crippen LogP) is 1.50. The number of hydrogen-bond acceptors (Lipinski definition) is 4. The second kappa shape index (κ2) is 5.99. The summed E-state index contributed by atoms with van der Waals surface area (Å²) in [5, 5.41) is 6.70. The van der Waals surface area contributed by atoms with E-state index in [0.29, 0.717) is 41.8 Å². The number of aromatic nitrogens is 1. The number of amides is 1. The molecule has 1 amide bonds. The molecule has 0 saturated carbocycles. The molecule has 0 aliphatic carbocycles. The van der Waals surface area contributed by atoms with Crippen molar-refractivity contribution in [3.63, 3.8) is 0 Å². The molecule has 0 atom stereocenters. The number of pyridine rings is 1. The lowest BCUT2D eigenvalue weighted by Crippen LogP contribution is -2.16. The van der Waals surface area contributed by atoms with E-state index in [1.54, 1.807) is 6.07 Å². The van der Waals surface area contributed by atoms with Crippen molar-refractivity contribution in [1.29, 1.82) is 0 Å². The van der Waals surface area contributed by atoms with Crippen LogP contribution in [0.3, 0.4) is 0 Å². The van der Waals surface area contributed by atoms with E-state index in [0.717, 1.165) is 6.42 Å². The molecule has 0 fully saturated rings. The summed E-state index contributed by atoms with van der Waals surface area (Å²) in [7, 11) is 0. The van der Waals surface area contributed by atoms with E-state index in [1.165, 1.54) is 18.3 Å². The first-order valence-corrected chi connectivity index (χ1v) is 5.97. The van der Waals surface area contributed by atoms with E-state index >= 15 is 0 Å². The predicted molar refractivity (Wildman–Crippen MR) is 73.3 cm³/mol. The number of carbonyl (C=O) groups is 1. The maximum atomic E-state index is 13.7. The van der Waals surface area contributed by atoms with Crippen molar-refractivity contribution in [2.45, 2.75) is 6.42 Å². The highest BCUT2D eigenvalue weighted by atomic mass is 19.1. The number of carbonyl (C=O) groups excluding carboxylic acids is 1. The molecular formula is C13H15FN4O. The van der Waals surface area contributed by atoms with Gasteiger partial charge >= 0.3 is 0 Å². The summed E-state index contributed by atoms with van der Waals surface area (Å²) >= 11 is 0. The van der Waals surface area contributed by atoms with Crippen LogP contribution in [0.1, 0.15) is 6.42 Å². The van der Waals surface area contributed by atoms with Gasteiger partial charge in [-0.3, -0.25) is 4.79 Å². The van der Waals surface area contributed by atoms with E-state index in [1.807, 2.05) is 0 Å². The van der Waals surface area contributed by atoms with Crippen LogP contribution < -0.4 is 16.4 Å². The second-order valence-electron chi connectivity index (χ2n) is 4.07. The third kappa shape index (κ3) is 2.90. The van der Waals surface area contributed by atoms with Crippen molar-refractivity contribution < 1.29 is 9.18 Å². The van der Waals surface area contributed by atoms with Gasteiger partial charge < -0.3 is 16.4 Å². The summed E-state index contributed by atoms with van der Waals surface area (Å²) in [4.78, 5) is 14.3. The Balaban J connectivity index is 2.19. The number of nitrogens with zero attached hydrogens (tertiary/aromatic N) is 1. The zero-order valence-corrected chi connectivity index (χ0v) is 10.3. The zero-order valence-electron chi connectivity index (χ0n) is 10.3. The Hall–Kier alpha value is -2.37. The van der Waals surface area contributed by atoms with Crippen molar-refractivity contribution in [2.24, 2.45) is 0 Å². The molecule has 1 aromatic carbocycles. The largest absolute Gasteiger partial charge is 0.398 e. The highest BCUT2D eigenvalue weighted by Gasteiger charge is 2.09. The van der Waals surface area contributed by atoms with E-state index < -0.39 is 0 Å². The van der Waals surface area contributed by atoms with Crippen LogP contribution in [0.25, 0.3) is 10.8 Å². The summed E-state index contributed by atoms with van der Waals surface area (Å²) < 4.78 is 13.7. The smallest absolute Gasteiger partial charge is 0.207 e. The van der Waals surface area contributed by atoms with Gasteiger partial charge in [-0.2, -0.15) is 0 Å². The Labute approximate surface area is 110 Å². The summed E-state index contributed by atoms with van der Waals surface area (Å²) in [5.41, 5.74) is 6.36. The van der Waals surface area contributed by atoms with Gasteiger partial charge in [-0.05, 0) is 24.6 Å². The van der Waals surface area contributed by atoms with Gasteiger partial charge in [0.25, 0.3) is 0 Å². The quantitative estimate of drug-likeness (QED) is 0.419. The van der Waals surface area contributed by atoms with Crippen LogP contribution in [0.2, 0.25) is 0 Å². The van der Waals surface area contributed by atoms with Crippen LogP contribution in [0.4, 0.5) is 15.9 Å². The molecule has 6 heteroatoms. The molecule has 0 spiro atoms. The number of anilines is 2. The van der Waals surface area contributed by atoms with Gasteiger partial charge in [0, 0.05) is 30.4 Å². The number of nitrogens with two attached hydrogens (primary N) is 1. The fourth-order valence-corrected chi connectivity index (χ4v) is 1.88. The lowest BCUT2D eigenvalue weighted by atomic mass is 10.1. The number of nitrogens with one attached hydrogen (secondary N) is 2. The van der Waals surface area contributed by atoms with Crippen molar-refractivity contribution >= 4 is 28.7 Å². The van der Waals surface area contributed by atoms with Gasteiger partial charge in [0.2, 0.25) is 6.41 Å². The maximum absolute atomic E-state index is 13.7. The Morgan fingerprint density at radius 2 is 2.16 bits per heavy atom. The molecule has 4 N–H and O–H groups in total. The summed E-state index contributed by atoms with van der Waals surface area (Å²) in [6.07, 6.45) is 2.94. The van der Waals surface area contributed by atoms with E-state index in [4.69, 9.17) is 5.73 Å². The first-order valence-electron chi connectivity index (χ1n) is 5.97. The molecular weight excluding hydrogens is 247 g/mol. The van der Waals surface area contributed by atoms with Gasteiger partial charge in [0.05, 0.1) is 5.39 Å². The highest BCUT2D eigenvalue weighted by Crippen LogP contribution is 2.28. The van der Waals surface area contributed by atoms with E-state index in [2.05, 4.69) is 15.6 Å². The third-order valence-electron chi connectivity index (χ3n) is 2.78. The van der Waals surface area contributed by atoms with Gasteiger partial charge in [0.1, 0.15) is 11.6 Å². The van der Waals surface area contributed by atoms with E-state index in [-0.39, 0.29) is 5.82 Å². The first-order chi connectivity index (χ1) is 9.24. The first kappa shape index (κ1) is 13.1. The Bertz CT molecular complexity index is 588. The van der Waals surface area contributed by atoms with Crippen LogP contribution in [-0.4, -0.2) is 24.5 Å².